The molecule has 1 aromatic carbocycles. The van der Waals surface area contributed by atoms with E-state index in [2.05, 4.69) is 5.32 Å². The number of nitrogens with one attached hydrogen (secondary N) is 1. The largest absolute Gasteiger partial charge is 0.491 e. The second kappa shape index (κ2) is 5.63. The number of nitrogens with zero attached hydrogens (tertiary/aromatic N) is 1. The first-order valence-electron chi connectivity index (χ1n) is 7.16. The lowest BCUT2D eigenvalue weighted by Crippen LogP contribution is -2.44. The van der Waals surface area contributed by atoms with Gasteiger partial charge in [-0.1, -0.05) is 18.2 Å². The molecule has 1 fully saturated rings. The maximum absolute atomic E-state index is 12.4. The summed E-state index contributed by atoms with van der Waals surface area (Å²) in [5, 5.41) is 11.7. The Kier molecular flexibility index (Phi) is 3.68. The van der Waals surface area contributed by atoms with Crippen LogP contribution in [0, 0.1) is 0 Å². The van der Waals surface area contributed by atoms with Crippen molar-refractivity contribution in [1.82, 2.24) is 10.2 Å². The zero-order chi connectivity index (χ0) is 14.8. The Labute approximate surface area is 122 Å². The van der Waals surface area contributed by atoms with Crippen LogP contribution in [0.1, 0.15) is 30.9 Å². The van der Waals surface area contributed by atoms with Crippen molar-refractivity contribution in [3.05, 3.63) is 29.8 Å². The van der Waals surface area contributed by atoms with Crippen LogP contribution in [-0.2, 0) is 4.79 Å². The molecule has 6 nitrogen and oxygen atoms in total. The van der Waals surface area contributed by atoms with E-state index in [1.165, 1.54) is 0 Å². The molecular weight excluding hydrogens is 272 g/mol. The first-order chi connectivity index (χ1) is 10.1. The van der Waals surface area contributed by atoms with Gasteiger partial charge in [-0.05, 0) is 18.9 Å². The number of rotatable bonds is 5. The number of ether oxygens (including phenoxy) is 1. The van der Waals surface area contributed by atoms with Gasteiger partial charge in [0, 0.05) is 18.2 Å². The maximum atomic E-state index is 12.4. The second-order valence-electron chi connectivity index (χ2n) is 5.42. The highest BCUT2D eigenvalue weighted by Crippen LogP contribution is 2.32. The van der Waals surface area contributed by atoms with Crippen LogP contribution in [0.5, 0.6) is 5.75 Å². The zero-order valence-electron chi connectivity index (χ0n) is 11.6. The number of hydrogen-bond acceptors (Lipinski definition) is 3. The number of carbonyl (C=O) groups excluding carboxylic acids is 1. The summed E-state index contributed by atoms with van der Waals surface area (Å²) in [4.78, 5) is 24.7. The zero-order valence-corrected chi connectivity index (χ0v) is 11.6. The Hall–Kier alpha value is -2.24. The Balaban J connectivity index is 1.63. The molecule has 0 saturated heterocycles. The fourth-order valence-corrected chi connectivity index (χ4v) is 2.57. The van der Waals surface area contributed by atoms with Gasteiger partial charge in [-0.15, -0.1) is 0 Å². The highest BCUT2D eigenvalue weighted by molar-refractivity contribution is 5.76. The van der Waals surface area contributed by atoms with Gasteiger partial charge in [0.15, 0.2) is 0 Å². The Morgan fingerprint density at radius 1 is 1.33 bits per heavy atom. The third-order valence-corrected chi connectivity index (χ3v) is 3.81. The van der Waals surface area contributed by atoms with Crippen molar-refractivity contribution in [2.45, 2.75) is 31.3 Å². The monoisotopic (exact) mass is 290 g/mol. The van der Waals surface area contributed by atoms with Crippen molar-refractivity contribution in [2.75, 3.05) is 13.2 Å². The summed E-state index contributed by atoms with van der Waals surface area (Å²) in [5.74, 6) is -0.0886. The molecule has 1 aliphatic heterocycles. The summed E-state index contributed by atoms with van der Waals surface area (Å²) in [6.45, 7) is 0.670. The van der Waals surface area contributed by atoms with Gasteiger partial charge in [0.25, 0.3) is 0 Å². The van der Waals surface area contributed by atoms with Crippen molar-refractivity contribution in [2.24, 2.45) is 0 Å². The molecule has 0 radical (unpaired) electrons. The Morgan fingerprint density at radius 3 is 2.81 bits per heavy atom. The van der Waals surface area contributed by atoms with Crippen molar-refractivity contribution in [1.29, 1.82) is 0 Å². The van der Waals surface area contributed by atoms with E-state index < -0.39 is 5.97 Å². The smallest absolute Gasteiger partial charge is 0.318 e. The first-order valence-corrected chi connectivity index (χ1v) is 7.16. The van der Waals surface area contributed by atoms with Crippen LogP contribution in [-0.4, -0.2) is 41.2 Å². The van der Waals surface area contributed by atoms with Crippen LogP contribution in [0.2, 0.25) is 0 Å². The number of carboxylic acids is 1. The third-order valence-electron chi connectivity index (χ3n) is 3.81. The molecule has 1 atom stereocenters. The fourth-order valence-electron chi connectivity index (χ4n) is 2.57. The Morgan fingerprint density at radius 2 is 2.10 bits per heavy atom. The van der Waals surface area contributed by atoms with Gasteiger partial charge in [-0.3, -0.25) is 4.79 Å². The molecule has 1 aliphatic carbocycles. The van der Waals surface area contributed by atoms with Crippen molar-refractivity contribution in [3.63, 3.8) is 0 Å². The lowest BCUT2D eigenvalue weighted by Gasteiger charge is -2.24. The van der Waals surface area contributed by atoms with E-state index >= 15 is 0 Å². The number of amides is 2. The number of hydrogen-bond donors (Lipinski definition) is 2. The van der Waals surface area contributed by atoms with Gasteiger partial charge in [-0.25, -0.2) is 4.79 Å². The highest BCUT2D eigenvalue weighted by Gasteiger charge is 2.34. The van der Waals surface area contributed by atoms with Crippen LogP contribution >= 0.6 is 0 Å². The summed E-state index contributed by atoms with van der Waals surface area (Å²) in [7, 11) is 0. The number of urea groups is 1. The van der Waals surface area contributed by atoms with Crippen molar-refractivity contribution in [3.8, 4) is 5.75 Å². The number of benzene rings is 1. The van der Waals surface area contributed by atoms with E-state index in [0.29, 0.717) is 6.61 Å². The van der Waals surface area contributed by atoms with E-state index in [0.717, 1.165) is 24.2 Å². The highest BCUT2D eigenvalue weighted by atomic mass is 16.5. The van der Waals surface area contributed by atoms with Gasteiger partial charge in [-0.2, -0.15) is 0 Å². The molecule has 1 saturated carbocycles. The topological polar surface area (TPSA) is 78.9 Å². The standard InChI is InChI=1S/C15H18N2O4/c18-14(19)7-8-17(10-5-6-10)15(20)16-12-9-21-13-4-2-1-3-11(12)13/h1-4,10,12H,5-9H2,(H,16,20)(H,18,19). The lowest BCUT2D eigenvalue weighted by atomic mass is 10.1. The van der Waals surface area contributed by atoms with Crippen LogP contribution in [0.3, 0.4) is 0 Å². The average molecular weight is 290 g/mol. The van der Waals surface area contributed by atoms with E-state index in [-0.39, 0.29) is 31.1 Å². The van der Waals surface area contributed by atoms with E-state index in [1.807, 2.05) is 24.3 Å². The van der Waals surface area contributed by atoms with Crippen LogP contribution in [0.25, 0.3) is 0 Å². The molecule has 2 aliphatic rings. The predicted octanol–water partition coefficient (Wildman–Crippen LogP) is 1.77. The van der Waals surface area contributed by atoms with Gasteiger partial charge in [0.1, 0.15) is 12.4 Å². The van der Waals surface area contributed by atoms with Crippen molar-refractivity contribution >= 4 is 12.0 Å². The molecule has 112 valence electrons. The molecule has 0 bridgehead atoms. The minimum atomic E-state index is -0.886. The SMILES string of the molecule is O=C(O)CCN(C(=O)NC1COc2ccccc21)C1CC1. The van der Waals surface area contributed by atoms with Gasteiger partial charge in [0.2, 0.25) is 0 Å². The molecule has 21 heavy (non-hydrogen) atoms. The minimum Gasteiger partial charge on any atom is -0.491 e. The molecule has 2 N–H and O–H groups in total. The fraction of sp³-hybridized carbons (Fsp3) is 0.467. The molecule has 2 amide bonds. The predicted molar refractivity (Wildman–Crippen MR) is 75.2 cm³/mol. The normalized spacial score (nSPS) is 19.5. The van der Waals surface area contributed by atoms with Gasteiger partial charge < -0.3 is 20.1 Å². The molecule has 1 unspecified atom stereocenters. The van der Waals surface area contributed by atoms with E-state index in [9.17, 15) is 9.59 Å². The number of aliphatic carboxylic acids is 1. The Bertz CT molecular complexity index is 556. The molecular formula is C15H18N2O4. The third kappa shape index (κ3) is 3.09. The number of carboxylic acid groups (broad SMARTS) is 1. The summed E-state index contributed by atoms with van der Waals surface area (Å²) in [6.07, 6.45) is 1.87. The van der Waals surface area contributed by atoms with Crippen LogP contribution in [0.15, 0.2) is 24.3 Å². The van der Waals surface area contributed by atoms with Crippen molar-refractivity contribution < 1.29 is 19.4 Å². The van der Waals surface area contributed by atoms with E-state index in [4.69, 9.17) is 9.84 Å². The molecule has 0 spiro atoms. The molecule has 3 rings (SSSR count). The van der Waals surface area contributed by atoms with Crippen LogP contribution in [0.4, 0.5) is 4.79 Å². The summed E-state index contributed by atoms with van der Waals surface area (Å²) >= 11 is 0. The summed E-state index contributed by atoms with van der Waals surface area (Å²) in [5.41, 5.74) is 0.972. The number of para-hydroxylation sites is 1. The first kappa shape index (κ1) is 13.7. The average Bonchev–Trinajstić information content (AvgIpc) is 3.21. The minimum absolute atomic E-state index is 0.0261. The molecule has 1 heterocycles. The molecule has 0 aromatic heterocycles. The van der Waals surface area contributed by atoms with Crippen LogP contribution < -0.4 is 10.1 Å². The lowest BCUT2D eigenvalue weighted by molar-refractivity contribution is -0.137. The molecule has 1 aromatic rings. The van der Waals surface area contributed by atoms with Gasteiger partial charge >= 0.3 is 12.0 Å². The quantitative estimate of drug-likeness (QED) is 0.866. The second-order valence-corrected chi connectivity index (χ2v) is 5.42. The van der Waals surface area contributed by atoms with E-state index in [1.54, 1.807) is 4.90 Å². The number of carbonyl (C=O) groups is 2. The summed E-state index contributed by atoms with van der Waals surface area (Å²) in [6, 6.07) is 7.43. The maximum Gasteiger partial charge on any atom is 0.318 e. The summed E-state index contributed by atoms with van der Waals surface area (Å²) < 4.78 is 5.54. The molecule has 6 heteroatoms. The number of fused-ring (bicyclic) bond motifs is 1. The van der Waals surface area contributed by atoms with Gasteiger partial charge in [0.05, 0.1) is 12.5 Å².